The predicted molar refractivity (Wildman–Crippen MR) is 93.8 cm³/mol. The highest BCUT2D eigenvalue weighted by Gasteiger charge is 2.29. The maximum absolute atomic E-state index is 12.6. The summed E-state index contributed by atoms with van der Waals surface area (Å²) >= 11 is 0. The van der Waals surface area contributed by atoms with E-state index in [-0.39, 0.29) is 12.0 Å². The molecule has 0 aromatic carbocycles. The van der Waals surface area contributed by atoms with Gasteiger partial charge in [0.25, 0.3) is 5.91 Å². The number of nitrogens with zero attached hydrogens (tertiary/aromatic N) is 3. The molecule has 1 aromatic rings. The fraction of sp³-hybridized carbons (Fsp3) is 0.684. The maximum atomic E-state index is 12.6. The maximum Gasteiger partial charge on any atom is 0.255 e. The number of rotatable bonds is 5. The van der Waals surface area contributed by atoms with E-state index in [1.54, 1.807) is 12.3 Å². The molecule has 1 saturated carbocycles. The summed E-state index contributed by atoms with van der Waals surface area (Å²) in [5, 5.41) is 0. The second kappa shape index (κ2) is 7.70. The van der Waals surface area contributed by atoms with Gasteiger partial charge in [0.2, 0.25) is 5.88 Å². The van der Waals surface area contributed by atoms with Crippen molar-refractivity contribution >= 4 is 5.91 Å². The van der Waals surface area contributed by atoms with Gasteiger partial charge in [-0.05, 0) is 31.7 Å². The van der Waals surface area contributed by atoms with Gasteiger partial charge in [-0.25, -0.2) is 4.98 Å². The lowest BCUT2D eigenvalue weighted by Gasteiger charge is -2.42. The molecule has 25 heavy (non-hydrogen) atoms. The summed E-state index contributed by atoms with van der Waals surface area (Å²) in [5.41, 5.74) is 0.640. The zero-order valence-electron chi connectivity index (χ0n) is 14.7. The molecule has 136 valence electrons. The number of hydrogen-bond donors (Lipinski definition) is 0. The number of ether oxygens (including phenoxy) is 2. The van der Waals surface area contributed by atoms with E-state index in [0.29, 0.717) is 18.1 Å². The van der Waals surface area contributed by atoms with Crippen molar-refractivity contribution in [3.8, 4) is 5.88 Å². The Balaban J connectivity index is 1.27. The highest BCUT2D eigenvalue weighted by atomic mass is 16.5. The Hall–Kier alpha value is -1.66. The second-order valence-electron chi connectivity index (χ2n) is 7.24. The van der Waals surface area contributed by atoms with Crippen molar-refractivity contribution in [3.05, 3.63) is 23.9 Å². The van der Waals surface area contributed by atoms with Crippen LogP contribution in [-0.4, -0.2) is 72.2 Å². The molecule has 0 spiro atoms. The number of hydrogen-bond acceptors (Lipinski definition) is 5. The molecule has 1 aliphatic carbocycles. The van der Waals surface area contributed by atoms with Gasteiger partial charge in [0.15, 0.2) is 0 Å². The van der Waals surface area contributed by atoms with Gasteiger partial charge in [0, 0.05) is 51.1 Å². The molecule has 3 aliphatic rings. The molecule has 1 atom stereocenters. The molecular weight excluding hydrogens is 318 g/mol. The Morgan fingerprint density at radius 1 is 1.16 bits per heavy atom. The summed E-state index contributed by atoms with van der Waals surface area (Å²) in [5.74, 6) is 0.633. The topological polar surface area (TPSA) is 54.9 Å². The molecule has 2 saturated heterocycles. The fourth-order valence-electron chi connectivity index (χ4n) is 3.77. The van der Waals surface area contributed by atoms with Crippen LogP contribution in [0.2, 0.25) is 0 Å². The number of amides is 1. The van der Waals surface area contributed by atoms with E-state index in [1.807, 2.05) is 11.0 Å². The average molecular weight is 345 g/mol. The van der Waals surface area contributed by atoms with Gasteiger partial charge >= 0.3 is 0 Å². The van der Waals surface area contributed by atoms with Crippen molar-refractivity contribution in [1.82, 2.24) is 14.8 Å². The highest BCUT2D eigenvalue weighted by molar-refractivity contribution is 5.94. The number of carbonyl (C=O) groups is 1. The standard InChI is InChI=1S/C19H27N3O3/c23-19(22-10-8-21(9-11-22)16-3-1-4-16)15-6-7-18(20-13-15)25-14-17-5-2-12-24-17/h6-7,13,16-17H,1-5,8-12,14H2/t17-/m1/s1. The van der Waals surface area contributed by atoms with E-state index in [0.717, 1.165) is 51.7 Å². The Bertz CT molecular complexity index is 574. The number of piperazine rings is 1. The van der Waals surface area contributed by atoms with Crippen LogP contribution in [0.5, 0.6) is 5.88 Å². The molecule has 6 nitrogen and oxygen atoms in total. The average Bonchev–Trinajstić information content (AvgIpc) is 3.13. The van der Waals surface area contributed by atoms with Gasteiger partial charge in [0.1, 0.15) is 6.61 Å². The van der Waals surface area contributed by atoms with Crippen molar-refractivity contribution in [3.63, 3.8) is 0 Å². The Morgan fingerprint density at radius 2 is 2.00 bits per heavy atom. The van der Waals surface area contributed by atoms with Crippen LogP contribution in [0.4, 0.5) is 0 Å². The van der Waals surface area contributed by atoms with Crippen LogP contribution in [0.15, 0.2) is 18.3 Å². The lowest BCUT2D eigenvalue weighted by Crippen LogP contribution is -2.53. The SMILES string of the molecule is O=C(c1ccc(OC[C@H]2CCCO2)nc1)N1CCN(C2CCC2)CC1. The summed E-state index contributed by atoms with van der Waals surface area (Å²) in [4.78, 5) is 21.4. The minimum Gasteiger partial charge on any atom is -0.475 e. The number of carbonyl (C=O) groups excluding carboxylic acids is 1. The van der Waals surface area contributed by atoms with Crippen LogP contribution in [0.1, 0.15) is 42.5 Å². The Labute approximate surface area is 149 Å². The summed E-state index contributed by atoms with van der Waals surface area (Å²) < 4.78 is 11.2. The fourth-order valence-corrected chi connectivity index (χ4v) is 3.77. The van der Waals surface area contributed by atoms with Crippen molar-refractivity contribution in [1.29, 1.82) is 0 Å². The van der Waals surface area contributed by atoms with Crippen LogP contribution in [0, 0.1) is 0 Å². The minimum atomic E-state index is 0.0754. The van der Waals surface area contributed by atoms with Crippen molar-refractivity contribution in [2.45, 2.75) is 44.2 Å². The van der Waals surface area contributed by atoms with E-state index < -0.39 is 0 Å². The molecule has 0 radical (unpaired) electrons. The molecule has 6 heteroatoms. The molecule has 0 bridgehead atoms. The van der Waals surface area contributed by atoms with Gasteiger partial charge in [-0.3, -0.25) is 9.69 Å². The van der Waals surface area contributed by atoms with Crippen LogP contribution in [-0.2, 0) is 4.74 Å². The first-order valence-electron chi connectivity index (χ1n) is 9.53. The van der Waals surface area contributed by atoms with Crippen molar-refractivity contribution in [2.75, 3.05) is 39.4 Å². The molecule has 3 heterocycles. The molecule has 0 N–H and O–H groups in total. The first-order valence-corrected chi connectivity index (χ1v) is 9.53. The first kappa shape index (κ1) is 16.8. The lowest BCUT2D eigenvalue weighted by molar-refractivity contribution is 0.0454. The summed E-state index contributed by atoms with van der Waals surface area (Å²) in [6.07, 6.45) is 7.96. The number of pyridine rings is 1. The van der Waals surface area contributed by atoms with E-state index in [9.17, 15) is 4.79 Å². The third kappa shape index (κ3) is 3.96. The second-order valence-corrected chi connectivity index (χ2v) is 7.24. The zero-order valence-corrected chi connectivity index (χ0v) is 14.7. The predicted octanol–water partition coefficient (Wildman–Crippen LogP) is 1.95. The van der Waals surface area contributed by atoms with Crippen LogP contribution in [0.3, 0.4) is 0 Å². The smallest absolute Gasteiger partial charge is 0.255 e. The van der Waals surface area contributed by atoms with E-state index in [4.69, 9.17) is 9.47 Å². The summed E-state index contributed by atoms with van der Waals surface area (Å²) in [6.45, 7) is 4.96. The van der Waals surface area contributed by atoms with E-state index in [2.05, 4.69) is 9.88 Å². The normalized spacial score (nSPS) is 25.0. The highest BCUT2D eigenvalue weighted by Crippen LogP contribution is 2.25. The zero-order chi connectivity index (χ0) is 17.1. The molecule has 2 aliphatic heterocycles. The lowest BCUT2D eigenvalue weighted by atomic mass is 9.91. The molecule has 1 amide bonds. The first-order chi connectivity index (χ1) is 12.3. The molecule has 0 unspecified atom stereocenters. The van der Waals surface area contributed by atoms with E-state index in [1.165, 1.54) is 19.3 Å². The Morgan fingerprint density at radius 3 is 2.60 bits per heavy atom. The van der Waals surface area contributed by atoms with Gasteiger partial charge < -0.3 is 14.4 Å². The van der Waals surface area contributed by atoms with Crippen LogP contribution in [0.25, 0.3) is 0 Å². The van der Waals surface area contributed by atoms with Gasteiger partial charge in [-0.1, -0.05) is 6.42 Å². The monoisotopic (exact) mass is 345 g/mol. The minimum absolute atomic E-state index is 0.0754. The van der Waals surface area contributed by atoms with Crippen LogP contribution >= 0.6 is 0 Å². The van der Waals surface area contributed by atoms with Gasteiger partial charge in [0.05, 0.1) is 11.7 Å². The molecule has 3 fully saturated rings. The van der Waals surface area contributed by atoms with Crippen LogP contribution < -0.4 is 4.74 Å². The third-order valence-corrected chi connectivity index (χ3v) is 5.62. The number of aromatic nitrogens is 1. The quantitative estimate of drug-likeness (QED) is 0.816. The molecule has 4 rings (SSSR count). The summed E-state index contributed by atoms with van der Waals surface area (Å²) in [7, 11) is 0. The van der Waals surface area contributed by atoms with Gasteiger partial charge in [-0.2, -0.15) is 0 Å². The van der Waals surface area contributed by atoms with Crippen molar-refractivity contribution in [2.24, 2.45) is 0 Å². The van der Waals surface area contributed by atoms with Crippen molar-refractivity contribution < 1.29 is 14.3 Å². The third-order valence-electron chi connectivity index (χ3n) is 5.62. The summed E-state index contributed by atoms with van der Waals surface area (Å²) in [6, 6.07) is 4.37. The Kier molecular flexibility index (Phi) is 5.17. The largest absolute Gasteiger partial charge is 0.475 e. The van der Waals surface area contributed by atoms with Gasteiger partial charge in [-0.15, -0.1) is 0 Å². The van der Waals surface area contributed by atoms with E-state index >= 15 is 0 Å². The molecular formula is C19H27N3O3. The molecule has 1 aromatic heterocycles.